The van der Waals surface area contributed by atoms with Gasteiger partial charge in [0, 0.05) is 10.2 Å². The maximum absolute atomic E-state index is 13.3. The first-order chi connectivity index (χ1) is 12.8. The van der Waals surface area contributed by atoms with E-state index >= 15 is 0 Å². The number of carbonyl (C=O) groups excluding carboxylic acids is 1. The van der Waals surface area contributed by atoms with E-state index in [0.29, 0.717) is 22.4 Å². The maximum atomic E-state index is 13.3. The number of halogens is 1. The molecule has 2 N–H and O–H groups in total. The molecular formula is C18H15ClN2O5S. The summed E-state index contributed by atoms with van der Waals surface area (Å²) in [7, 11) is -4.08. The largest absolute Gasteiger partial charge is 0.481 e. The summed E-state index contributed by atoms with van der Waals surface area (Å²) in [5, 5.41) is 12.6. The van der Waals surface area contributed by atoms with E-state index in [1.807, 2.05) is 0 Å². The lowest BCUT2D eigenvalue weighted by Gasteiger charge is -2.12. The predicted molar refractivity (Wildman–Crippen MR) is 98.9 cm³/mol. The van der Waals surface area contributed by atoms with Crippen LogP contribution in [0.4, 0.5) is 5.69 Å². The molecule has 9 heteroatoms. The zero-order valence-corrected chi connectivity index (χ0v) is 15.7. The fraction of sp³-hybridized carbons (Fsp3) is 0.167. The molecule has 1 heterocycles. The minimum absolute atomic E-state index is 0.0246. The van der Waals surface area contributed by atoms with Crippen molar-refractivity contribution in [1.82, 2.24) is 0 Å². The van der Waals surface area contributed by atoms with Crippen LogP contribution in [0.5, 0.6) is 0 Å². The number of aliphatic carboxylic acids is 1. The second-order valence-corrected chi connectivity index (χ2v) is 8.28. The van der Waals surface area contributed by atoms with Crippen molar-refractivity contribution >= 4 is 45.1 Å². The maximum Gasteiger partial charge on any atom is 0.307 e. The number of amides is 1. The van der Waals surface area contributed by atoms with Crippen LogP contribution in [0.25, 0.3) is 5.57 Å². The molecule has 1 atom stereocenters. The van der Waals surface area contributed by atoms with Crippen LogP contribution in [0.2, 0.25) is 5.02 Å². The first kappa shape index (κ1) is 19.1. The number of carboxylic acid groups (broad SMARTS) is 1. The van der Waals surface area contributed by atoms with E-state index in [0.717, 1.165) is 0 Å². The first-order valence-corrected chi connectivity index (χ1v) is 9.78. The van der Waals surface area contributed by atoms with E-state index in [9.17, 15) is 23.1 Å². The smallest absolute Gasteiger partial charge is 0.307 e. The zero-order valence-electron chi connectivity index (χ0n) is 14.1. The molecule has 0 radical (unpaired) electrons. The fourth-order valence-electron chi connectivity index (χ4n) is 3.07. The molecule has 0 bridgehead atoms. The summed E-state index contributed by atoms with van der Waals surface area (Å²) in [6.45, 7) is 1.70. The van der Waals surface area contributed by atoms with E-state index in [4.69, 9.17) is 11.6 Å². The van der Waals surface area contributed by atoms with Crippen LogP contribution in [0.1, 0.15) is 13.3 Å². The van der Waals surface area contributed by atoms with Gasteiger partial charge in [0.05, 0.1) is 28.4 Å². The van der Waals surface area contributed by atoms with E-state index in [2.05, 4.69) is 10.3 Å². The van der Waals surface area contributed by atoms with Crippen LogP contribution in [0.15, 0.2) is 51.2 Å². The number of hydrogen-bond acceptors (Lipinski definition) is 5. The number of fused-ring (bicyclic) bond motifs is 1. The number of carboxylic acids is 1. The molecule has 2 aromatic rings. The second-order valence-electron chi connectivity index (χ2n) is 5.96. The van der Waals surface area contributed by atoms with Gasteiger partial charge in [0.15, 0.2) is 0 Å². The fourth-order valence-corrected chi connectivity index (χ4v) is 4.85. The van der Waals surface area contributed by atoms with Crippen LogP contribution in [-0.2, 0) is 19.4 Å². The molecule has 0 saturated carbocycles. The summed E-state index contributed by atoms with van der Waals surface area (Å²) in [4.78, 5) is 26.5. The molecule has 0 aliphatic carbocycles. The highest BCUT2D eigenvalue weighted by molar-refractivity contribution is 7.91. The van der Waals surface area contributed by atoms with E-state index in [1.165, 1.54) is 30.3 Å². The van der Waals surface area contributed by atoms with Crippen LogP contribution < -0.4 is 15.9 Å². The van der Waals surface area contributed by atoms with Gasteiger partial charge >= 0.3 is 5.97 Å². The molecule has 0 fully saturated rings. The molecule has 0 spiro atoms. The summed E-state index contributed by atoms with van der Waals surface area (Å²) in [5.74, 6) is -1.09. The molecule has 1 aliphatic rings. The Hall–Kier alpha value is -2.71. The molecule has 7 nitrogen and oxygen atoms in total. The van der Waals surface area contributed by atoms with Crippen molar-refractivity contribution in [2.45, 2.75) is 29.2 Å². The number of benzene rings is 2. The lowest BCUT2D eigenvalue weighted by molar-refractivity contribution is -0.135. The average Bonchev–Trinajstić information content (AvgIpc) is 2.90. The Morgan fingerprint density at radius 1 is 1.26 bits per heavy atom. The van der Waals surface area contributed by atoms with Crippen LogP contribution in [-0.4, -0.2) is 31.9 Å². The van der Waals surface area contributed by atoms with Crippen molar-refractivity contribution in [1.29, 1.82) is 0 Å². The number of carbonyl (C=O) groups is 2. The first-order valence-electron chi connectivity index (χ1n) is 7.92. The SMILES string of the molecule is CC1N=c2ccc(NC=O)c(S(=O)(=O)c3ccc(Cl)cc3)c2=C1CC(=O)O. The molecule has 1 unspecified atom stereocenters. The lowest BCUT2D eigenvalue weighted by atomic mass is 10.0. The summed E-state index contributed by atoms with van der Waals surface area (Å²) in [5.41, 5.74) is 0.436. The molecule has 1 amide bonds. The molecule has 3 rings (SSSR count). The van der Waals surface area contributed by atoms with Gasteiger partial charge in [-0.15, -0.1) is 0 Å². The van der Waals surface area contributed by atoms with Crippen LogP contribution in [0, 0.1) is 0 Å². The van der Waals surface area contributed by atoms with Crippen molar-refractivity contribution in [3.8, 4) is 0 Å². The summed E-state index contributed by atoms with van der Waals surface area (Å²) in [6, 6.07) is 8.12. The van der Waals surface area contributed by atoms with Gasteiger partial charge in [-0.1, -0.05) is 11.6 Å². The highest BCUT2D eigenvalue weighted by Crippen LogP contribution is 2.27. The summed E-state index contributed by atoms with van der Waals surface area (Å²) >= 11 is 5.84. The van der Waals surface area contributed by atoms with Crippen molar-refractivity contribution in [3.63, 3.8) is 0 Å². The van der Waals surface area contributed by atoms with Gasteiger partial charge in [0.25, 0.3) is 0 Å². The highest BCUT2D eigenvalue weighted by Gasteiger charge is 2.29. The summed E-state index contributed by atoms with van der Waals surface area (Å²) in [6.07, 6.45) is 0.0142. The molecule has 140 valence electrons. The second kappa shape index (κ2) is 7.13. The standard InChI is InChI=1S/C18H15ClN2O5S/c1-10-13(8-16(23)24)17-14(21-10)6-7-15(20-9-22)18(17)27(25,26)12-4-2-11(19)3-5-12/h2-7,9-10H,8H2,1H3,(H,20,22)(H,23,24). The van der Waals surface area contributed by atoms with Crippen LogP contribution in [0.3, 0.4) is 0 Å². The monoisotopic (exact) mass is 406 g/mol. The Kier molecular flexibility index (Phi) is 5.03. The number of anilines is 1. The third kappa shape index (κ3) is 3.45. The van der Waals surface area contributed by atoms with Gasteiger partial charge < -0.3 is 10.4 Å². The third-order valence-electron chi connectivity index (χ3n) is 4.24. The highest BCUT2D eigenvalue weighted by atomic mass is 35.5. The average molecular weight is 407 g/mol. The third-order valence-corrected chi connectivity index (χ3v) is 6.35. The molecule has 2 aromatic carbocycles. The van der Waals surface area contributed by atoms with Gasteiger partial charge in [0.1, 0.15) is 4.90 Å². The van der Waals surface area contributed by atoms with Gasteiger partial charge in [-0.05, 0) is 48.9 Å². The molecular weight excluding hydrogens is 392 g/mol. The van der Waals surface area contributed by atoms with Gasteiger partial charge in [-0.3, -0.25) is 14.6 Å². The number of rotatable bonds is 6. The quantitative estimate of drug-likeness (QED) is 0.704. The number of sulfone groups is 1. The Labute approximate surface area is 159 Å². The Bertz CT molecular complexity index is 1160. The van der Waals surface area contributed by atoms with Crippen molar-refractivity contribution in [3.05, 3.63) is 52.0 Å². The van der Waals surface area contributed by atoms with Crippen LogP contribution >= 0.6 is 11.6 Å². The molecule has 1 aliphatic heterocycles. The van der Waals surface area contributed by atoms with Gasteiger partial charge in [-0.2, -0.15) is 0 Å². The normalized spacial score (nSPS) is 15.8. The van der Waals surface area contributed by atoms with E-state index in [-0.39, 0.29) is 27.1 Å². The van der Waals surface area contributed by atoms with Gasteiger partial charge in [-0.25, -0.2) is 8.42 Å². The lowest BCUT2D eigenvalue weighted by Crippen LogP contribution is -2.32. The number of hydrogen-bond donors (Lipinski definition) is 2. The van der Waals surface area contributed by atoms with E-state index < -0.39 is 21.8 Å². The predicted octanol–water partition coefficient (Wildman–Crippen LogP) is 1.39. The van der Waals surface area contributed by atoms with E-state index in [1.54, 1.807) is 13.0 Å². The van der Waals surface area contributed by atoms with Crippen molar-refractivity contribution < 1.29 is 23.1 Å². The van der Waals surface area contributed by atoms with Gasteiger partial charge in [0.2, 0.25) is 16.2 Å². The summed E-state index contributed by atoms with van der Waals surface area (Å²) < 4.78 is 26.7. The Morgan fingerprint density at radius 3 is 2.52 bits per heavy atom. The minimum Gasteiger partial charge on any atom is -0.481 e. The van der Waals surface area contributed by atoms with Crippen molar-refractivity contribution in [2.24, 2.45) is 4.99 Å². The Morgan fingerprint density at radius 2 is 1.93 bits per heavy atom. The molecule has 0 saturated heterocycles. The number of nitrogens with one attached hydrogen (secondary N) is 1. The van der Waals surface area contributed by atoms with Crippen molar-refractivity contribution in [2.75, 3.05) is 5.32 Å². The Balaban J connectivity index is 2.42. The minimum atomic E-state index is -4.08. The molecule has 0 aromatic heterocycles. The zero-order chi connectivity index (χ0) is 19.8. The number of nitrogens with zero attached hydrogens (tertiary/aromatic N) is 1. The topological polar surface area (TPSA) is 113 Å². The molecule has 27 heavy (non-hydrogen) atoms.